The van der Waals surface area contributed by atoms with Crippen LogP contribution in [-0.4, -0.2) is 10.7 Å². The van der Waals surface area contributed by atoms with Crippen molar-refractivity contribution in [1.29, 1.82) is 5.26 Å². The van der Waals surface area contributed by atoms with Gasteiger partial charge >= 0.3 is 6.18 Å². The summed E-state index contributed by atoms with van der Waals surface area (Å²) in [4.78, 5) is 3.48. The summed E-state index contributed by atoms with van der Waals surface area (Å²) in [7, 11) is 0. The number of aromatic nitrogens is 1. The summed E-state index contributed by atoms with van der Waals surface area (Å²) in [5, 5.41) is 8.99. The zero-order chi connectivity index (χ0) is 12.3. The maximum absolute atomic E-state index is 12.5. The minimum Gasteiger partial charge on any atom is -0.236 e. The topological polar surface area (TPSA) is 36.7 Å². The molecule has 0 radical (unpaired) electrons. The molecule has 0 bridgehead atoms. The van der Waals surface area contributed by atoms with Crippen molar-refractivity contribution in [3.8, 4) is 6.07 Å². The zero-order valence-electron chi connectivity index (χ0n) is 8.72. The molecule has 0 aliphatic rings. The van der Waals surface area contributed by atoms with Crippen LogP contribution in [0, 0.1) is 18.3 Å². The van der Waals surface area contributed by atoms with Crippen LogP contribution < -0.4 is 0 Å². The maximum atomic E-state index is 12.5. The summed E-state index contributed by atoms with van der Waals surface area (Å²) in [5.41, 5.74) is -0.416. The van der Waals surface area contributed by atoms with Gasteiger partial charge in [0, 0.05) is 0 Å². The first-order valence-corrected chi connectivity index (χ1v) is 5.50. The van der Waals surface area contributed by atoms with Crippen molar-refractivity contribution in [3.63, 3.8) is 0 Å². The highest BCUT2D eigenvalue weighted by Crippen LogP contribution is 2.32. The maximum Gasteiger partial charge on any atom is 0.433 e. The smallest absolute Gasteiger partial charge is 0.236 e. The van der Waals surface area contributed by atoms with Gasteiger partial charge in [-0.05, 0) is 24.3 Å². The van der Waals surface area contributed by atoms with Gasteiger partial charge in [0.1, 0.15) is 16.8 Å². The van der Waals surface area contributed by atoms with Gasteiger partial charge in [0.15, 0.2) is 0 Å². The van der Waals surface area contributed by atoms with E-state index in [4.69, 9.17) is 5.26 Å². The number of nitrogens with zero attached hydrogens (tertiary/aromatic N) is 2. The van der Waals surface area contributed by atoms with Crippen molar-refractivity contribution in [2.75, 3.05) is 5.75 Å². The molecule has 0 saturated carbocycles. The van der Waals surface area contributed by atoms with Crippen molar-refractivity contribution in [3.05, 3.63) is 22.9 Å². The Balaban J connectivity index is 3.35. The quantitative estimate of drug-likeness (QED) is 0.750. The standard InChI is InChI=1S/C10H9F3N2S/c1-3-16-9-7(5-14)6(2)4-8(15-9)10(11,12)13/h4H,3H2,1-2H3. The number of rotatable bonds is 2. The second-order valence-electron chi connectivity index (χ2n) is 3.05. The molecule has 2 nitrogen and oxygen atoms in total. The summed E-state index contributed by atoms with van der Waals surface area (Å²) in [6.45, 7) is 3.28. The molecule has 0 saturated heterocycles. The van der Waals surface area contributed by atoms with Gasteiger partial charge in [-0.2, -0.15) is 18.4 Å². The summed E-state index contributed by atoms with van der Waals surface area (Å²) in [6, 6.07) is 2.78. The van der Waals surface area contributed by atoms with Crippen LogP contribution in [0.25, 0.3) is 0 Å². The number of halogens is 3. The van der Waals surface area contributed by atoms with Crippen LogP contribution in [0.15, 0.2) is 11.1 Å². The lowest BCUT2D eigenvalue weighted by atomic mass is 10.1. The minimum absolute atomic E-state index is 0.150. The fraction of sp³-hybridized carbons (Fsp3) is 0.400. The lowest BCUT2D eigenvalue weighted by Crippen LogP contribution is -2.10. The molecular weight excluding hydrogens is 237 g/mol. The Labute approximate surface area is 95.5 Å². The first-order valence-electron chi connectivity index (χ1n) is 4.52. The van der Waals surface area contributed by atoms with Crippen molar-refractivity contribution in [2.45, 2.75) is 25.0 Å². The molecule has 0 unspecified atom stereocenters. The zero-order valence-corrected chi connectivity index (χ0v) is 9.54. The molecule has 6 heteroatoms. The largest absolute Gasteiger partial charge is 0.433 e. The Morgan fingerprint density at radius 3 is 2.56 bits per heavy atom. The van der Waals surface area contributed by atoms with Crippen LogP contribution in [0.2, 0.25) is 0 Å². The van der Waals surface area contributed by atoms with Gasteiger partial charge in [0.2, 0.25) is 0 Å². The monoisotopic (exact) mass is 246 g/mol. The Morgan fingerprint density at radius 2 is 2.12 bits per heavy atom. The molecule has 0 aliphatic carbocycles. The van der Waals surface area contributed by atoms with Crippen LogP contribution >= 0.6 is 11.8 Å². The molecule has 0 amide bonds. The van der Waals surface area contributed by atoms with E-state index < -0.39 is 11.9 Å². The molecular formula is C10H9F3N2S. The van der Waals surface area contributed by atoms with E-state index in [1.165, 1.54) is 6.92 Å². The van der Waals surface area contributed by atoms with Crippen LogP contribution in [0.3, 0.4) is 0 Å². The van der Waals surface area contributed by atoms with E-state index >= 15 is 0 Å². The Hall–Kier alpha value is -1.22. The van der Waals surface area contributed by atoms with E-state index in [-0.39, 0.29) is 10.6 Å². The fourth-order valence-electron chi connectivity index (χ4n) is 1.17. The number of hydrogen-bond acceptors (Lipinski definition) is 3. The summed E-state index contributed by atoms with van der Waals surface area (Å²) < 4.78 is 37.4. The third-order valence-corrected chi connectivity index (χ3v) is 2.72. The molecule has 0 aliphatic heterocycles. The predicted octanol–water partition coefficient (Wildman–Crippen LogP) is 3.39. The number of aryl methyl sites for hydroxylation is 1. The molecule has 16 heavy (non-hydrogen) atoms. The van der Waals surface area contributed by atoms with Gasteiger partial charge in [0.25, 0.3) is 0 Å². The Bertz CT molecular complexity index is 435. The van der Waals surface area contributed by atoms with Gasteiger partial charge in [-0.3, -0.25) is 0 Å². The SMILES string of the molecule is CCSc1nc(C(F)(F)F)cc(C)c1C#N. The van der Waals surface area contributed by atoms with Crippen molar-refractivity contribution >= 4 is 11.8 Å². The predicted molar refractivity (Wildman–Crippen MR) is 55.1 cm³/mol. The molecule has 1 rings (SSSR count). The Kier molecular flexibility index (Phi) is 3.81. The van der Waals surface area contributed by atoms with E-state index in [0.29, 0.717) is 11.3 Å². The summed E-state index contributed by atoms with van der Waals surface area (Å²) in [5.74, 6) is 0.572. The molecule has 1 aromatic rings. The van der Waals surface area contributed by atoms with Gasteiger partial charge in [0.05, 0.1) is 5.56 Å². The molecule has 1 heterocycles. The van der Waals surface area contributed by atoms with Crippen LogP contribution in [-0.2, 0) is 6.18 Å². The van der Waals surface area contributed by atoms with Crippen molar-refractivity contribution < 1.29 is 13.2 Å². The van der Waals surface area contributed by atoms with Gasteiger partial charge < -0.3 is 0 Å². The van der Waals surface area contributed by atoms with Crippen LogP contribution in [0.4, 0.5) is 13.2 Å². The van der Waals surface area contributed by atoms with E-state index in [0.717, 1.165) is 17.8 Å². The first-order chi connectivity index (χ1) is 7.40. The Morgan fingerprint density at radius 1 is 1.50 bits per heavy atom. The average Bonchev–Trinajstić information content (AvgIpc) is 2.16. The minimum atomic E-state index is -4.47. The lowest BCUT2D eigenvalue weighted by Gasteiger charge is -2.10. The fourth-order valence-corrected chi connectivity index (χ4v) is 1.95. The number of alkyl halides is 3. The normalized spacial score (nSPS) is 11.2. The summed E-state index contributed by atoms with van der Waals surface area (Å²) in [6.07, 6.45) is -4.47. The third kappa shape index (κ3) is 2.67. The number of thioether (sulfide) groups is 1. The van der Waals surface area contributed by atoms with E-state index in [9.17, 15) is 13.2 Å². The molecule has 0 atom stereocenters. The van der Waals surface area contributed by atoms with E-state index in [2.05, 4.69) is 4.98 Å². The molecule has 0 spiro atoms. The van der Waals surface area contributed by atoms with E-state index in [1.54, 1.807) is 6.92 Å². The second-order valence-corrected chi connectivity index (χ2v) is 4.30. The van der Waals surface area contributed by atoms with Crippen molar-refractivity contribution in [2.24, 2.45) is 0 Å². The van der Waals surface area contributed by atoms with Crippen LogP contribution in [0.1, 0.15) is 23.7 Å². The van der Waals surface area contributed by atoms with Gasteiger partial charge in [-0.1, -0.05) is 6.92 Å². The number of nitriles is 1. The molecule has 0 N–H and O–H groups in total. The first kappa shape index (κ1) is 12.8. The van der Waals surface area contributed by atoms with Gasteiger partial charge in [-0.15, -0.1) is 11.8 Å². The molecule has 0 fully saturated rings. The number of hydrogen-bond donors (Lipinski definition) is 0. The average molecular weight is 246 g/mol. The highest BCUT2D eigenvalue weighted by molar-refractivity contribution is 7.99. The molecule has 1 aromatic heterocycles. The number of pyridine rings is 1. The molecule has 0 aromatic carbocycles. The second kappa shape index (κ2) is 4.74. The van der Waals surface area contributed by atoms with Crippen molar-refractivity contribution in [1.82, 2.24) is 4.98 Å². The summed E-state index contributed by atoms with van der Waals surface area (Å²) >= 11 is 1.14. The van der Waals surface area contributed by atoms with Gasteiger partial charge in [-0.25, -0.2) is 4.98 Å². The lowest BCUT2D eigenvalue weighted by molar-refractivity contribution is -0.141. The van der Waals surface area contributed by atoms with Crippen LogP contribution in [0.5, 0.6) is 0 Å². The third-order valence-electron chi connectivity index (χ3n) is 1.87. The highest BCUT2D eigenvalue weighted by atomic mass is 32.2. The highest BCUT2D eigenvalue weighted by Gasteiger charge is 2.33. The van der Waals surface area contributed by atoms with E-state index in [1.807, 2.05) is 6.07 Å². The molecule has 86 valence electrons.